The molecule has 0 amide bonds. The van der Waals surface area contributed by atoms with Crippen molar-refractivity contribution in [3.05, 3.63) is 59.1 Å². The van der Waals surface area contributed by atoms with Crippen LogP contribution >= 0.6 is 0 Å². The van der Waals surface area contributed by atoms with E-state index in [0.29, 0.717) is 12.0 Å². The Labute approximate surface area is 117 Å². The zero-order valence-corrected chi connectivity index (χ0v) is 11.2. The van der Waals surface area contributed by atoms with E-state index >= 15 is 0 Å². The SMILES string of the molecule is C=C(/C(C(=O)O)=C(/C)ON)C1CC=Cc2cccnc21. The topological polar surface area (TPSA) is 85.4 Å². The summed E-state index contributed by atoms with van der Waals surface area (Å²) in [5, 5.41) is 9.33. The second-order valence-corrected chi connectivity index (χ2v) is 4.55. The smallest absolute Gasteiger partial charge is 0.339 e. The van der Waals surface area contributed by atoms with Crippen molar-refractivity contribution in [3.63, 3.8) is 0 Å². The summed E-state index contributed by atoms with van der Waals surface area (Å²) in [6.07, 6.45) is 6.30. The van der Waals surface area contributed by atoms with Gasteiger partial charge in [-0.3, -0.25) is 4.98 Å². The van der Waals surface area contributed by atoms with Crippen LogP contribution in [-0.2, 0) is 9.63 Å². The minimum Gasteiger partial charge on any atom is -0.478 e. The molecule has 1 heterocycles. The van der Waals surface area contributed by atoms with Crippen LogP contribution in [0.2, 0.25) is 0 Å². The monoisotopic (exact) mass is 272 g/mol. The van der Waals surface area contributed by atoms with Gasteiger partial charge >= 0.3 is 5.97 Å². The number of pyridine rings is 1. The third-order valence-electron chi connectivity index (χ3n) is 3.35. The average molecular weight is 272 g/mol. The van der Waals surface area contributed by atoms with E-state index in [1.165, 1.54) is 6.92 Å². The van der Waals surface area contributed by atoms with Crippen molar-refractivity contribution in [1.29, 1.82) is 0 Å². The summed E-state index contributed by atoms with van der Waals surface area (Å²) >= 11 is 0. The number of aliphatic carboxylic acids is 1. The predicted molar refractivity (Wildman–Crippen MR) is 75.4 cm³/mol. The zero-order chi connectivity index (χ0) is 14.7. The van der Waals surface area contributed by atoms with Crippen LogP contribution in [0.4, 0.5) is 0 Å². The van der Waals surface area contributed by atoms with E-state index in [4.69, 9.17) is 5.90 Å². The Kier molecular flexibility index (Phi) is 4.00. The number of nitrogens with zero attached hydrogens (tertiary/aromatic N) is 1. The van der Waals surface area contributed by atoms with Gasteiger partial charge in [0.1, 0.15) is 11.3 Å². The maximum Gasteiger partial charge on any atom is 0.339 e. The molecule has 104 valence electrons. The van der Waals surface area contributed by atoms with Gasteiger partial charge in [0.05, 0.1) is 5.69 Å². The second-order valence-electron chi connectivity index (χ2n) is 4.55. The Morgan fingerprint density at radius 1 is 1.60 bits per heavy atom. The average Bonchev–Trinajstić information content (AvgIpc) is 2.46. The van der Waals surface area contributed by atoms with Crippen LogP contribution in [0, 0.1) is 0 Å². The van der Waals surface area contributed by atoms with Crippen LogP contribution in [0.5, 0.6) is 0 Å². The Morgan fingerprint density at radius 2 is 2.35 bits per heavy atom. The Balaban J connectivity index is 2.45. The largest absolute Gasteiger partial charge is 0.478 e. The summed E-state index contributed by atoms with van der Waals surface area (Å²) in [6.45, 7) is 5.43. The highest BCUT2D eigenvalue weighted by Crippen LogP contribution is 2.36. The van der Waals surface area contributed by atoms with Crippen LogP contribution in [0.25, 0.3) is 6.08 Å². The first-order valence-electron chi connectivity index (χ1n) is 6.17. The van der Waals surface area contributed by atoms with Crippen molar-refractivity contribution in [2.45, 2.75) is 19.3 Å². The number of aromatic nitrogens is 1. The van der Waals surface area contributed by atoms with E-state index in [2.05, 4.69) is 16.4 Å². The van der Waals surface area contributed by atoms with Gasteiger partial charge < -0.3 is 9.94 Å². The fraction of sp³-hybridized carbons (Fsp3) is 0.200. The molecule has 0 aliphatic heterocycles. The van der Waals surface area contributed by atoms with E-state index in [9.17, 15) is 9.90 Å². The van der Waals surface area contributed by atoms with Crippen LogP contribution < -0.4 is 5.90 Å². The molecule has 1 aromatic rings. The molecule has 2 rings (SSSR count). The van der Waals surface area contributed by atoms with Gasteiger partial charge in [-0.15, -0.1) is 0 Å². The van der Waals surface area contributed by atoms with Gasteiger partial charge in [-0.1, -0.05) is 24.8 Å². The van der Waals surface area contributed by atoms with Crippen LogP contribution in [0.1, 0.15) is 30.5 Å². The van der Waals surface area contributed by atoms with Gasteiger partial charge in [-0.05, 0) is 30.5 Å². The number of nitrogens with two attached hydrogens (primary N) is 1. The lowest BCUT2D eigenvalue weighted by molar-refractivity contribution is -0.132. The van der Waals surface area contributed by atoms with Gasteiger partial charge in [0.15, 0.2) is 0 Å². The molecule has 0 radical (unpaired) electrons. The van der Waals surface area contributed by atoms with Gasteiger partial charge in [-0.2, -0.15) is 5.90 Å². The van der Waals surface area contributed by atoms with Crippen molar-refractivity contribution < 1.29 is 14.7 Å². The zero-order valence-electron chi connectivity index (χ0n) is 11.2. The maximum atomic E-state index is 11.4. The highest BCUT2D eigenvalue weighted by atomic mass is 16.6. The Hall–Kier alpha value is -2.40. The number of rotatable bonds is 4. The van der Waals surface area contributed by atoms with Crippen molar-refractivity contribution in [3.8, 4) is 0 Å². The predicted octanol–water partition coefficient (Wildman–Crippen LogP) is 2.39. The van der Waals surface area contributed by atoms with Crippen LogP contribution in [0.3, 0.4) is 0 Å². The number of allylic oxidation sites excluding steroid dienone is 2. The van der Waals surface area contributed by atoms with Gasteiger partial charge in [0.25, 0.3) is 0 Å². The summed E-state index contributed by atoms with van der Waals surface area (Å²) in [6, 6.07) is 3.78. The number of carbonyl (C=O) groups is 1. The van der Waals surface area contributed by atoms with Crippen LogP contribution in [0.15, 0.2) is 47.9 Å². The van der Waals surface area contributed by atoms with E-state index in [1.54, 1.807) is 6.20 Å². The normalized spacial score (nSPS) is 18.0. The molecule has 0 saturated heterocycles. The van der Waals surface area contributed by atoms with E-state index in [-0.39, 0.29) is 17.3 Å². The molecule has 5 heteroatoms. The second kappa shape index (κ2) is 5.71. The van der Waals surface area contributed by atoms with Gasteiger partial charge in [0, 0.05) is 12.1 Å². The minimum absolute atomic E-state index is 0.00408. The Morgan fingerprint density at radius 3 is 3.00 bits per heavy atom. The van der Waals surface area contributed by atoms with E-state index < -0.39 is 5.97 Å². The van der Waals surface area contributed by atoms with Crippen molar-refractivity contribution >= 4 is 12.0 Å². The fourth-order valence-electron chi connectivity index (χ4n) is 2.36. The fourth-order valence-corrected chi connectivity index (χ4v) is 2.36. The molecule has 1 aromatic heterocycles. The number of fused-ring (bicyclic) bond motifs is 1. The molecule has 0 bridgehead atoms. The number of carboxylic acid groups (broad SMARTS) is 1. The summed E-state index contributed by atoms with van der Waals surface area (Å²) in [5.74, 6) is 3.92. The summed E-state index contributed by atoms with van der Waals surface area (Å²) < 4.78 is 0. The lowest BCUT2D eigenvalue weighted by Crippen LogP contribution is -2.16. The highest BCUT2D eigenvalue weighted by molar-refractivity contribution is 5.92. The number of hydrogen-bond acceptors (Lipinski definition) is 4. The molecule has 0 aromatic carbocycles. The maximum absolute atomic E-state index is 11.4. The molecule has 20 heavy (non-hydrogen) atoms. The van der Waals surface area contributed by atoms with Crippen molar-refractivity contribution in [2.24, 2.45) is 5.90 Å². The molecular formula is C15H16N2O3. The molecule has 1 atom stereocenters. The lowest BCUT2D eigenvalue weighted by Gasteiger charge is -2.23. The lowest BCUT2D eigenvalue weighted by atomic mass is 9.83. The van der Waals surface area contributed by atoms with E-state index in [1.807, 2.05) is 24.3 Å². The molecule has 3 N–H and O–H groups in total. The first-order valence-corrected chi connectivity index (χ1v) is 6.17. The first-order chi connectivity index (χ1) is 9.56. The third-order valence-corrected chi connectivity index (χ3v) is 3.35. The molecule has 1 aliphatic rings. The quantitative estimate of drug-likeness (QED) is 0.380. The first kappa shape index (κ1) is 14.0. The number of hydrogen-bond donors (Lipinski definition) is 2. The molecule has 1 aliphatic carbocycles. The van der Waals surface area contributed by atoms with Gasteiger partial charge in [-0.25, -0.2) is 4.79 Å². The van der Waals surface area contributed by atoms with E-state index in [0.717, 1.165) is 11.3 Å². The summed E-state index contributed by atoms with van der Waals surface area (Å²) in [5.41, 5.74) is 2.25. The summed E-state index contributed by atoms with van der Waals surface area (Å²) in [7, 11) is 0. The molecule has 1 unspecified atom stereocenters. The Bertz CT molecular complexity index is 617. The summed E-state index contributed by atoms with van der Waals surface area (Å²) in [4.78, 5) is 20.3. The van der Waals surface area contributed by atoms with Crippen LogP contribution in [-0.4, -0.2) is 16.1 Å². The molecular weight excluding hydrogens is 256 g/mol. The molecule has 0 fully saturated rings. The standard InChI is InChI=1S/C15H16N2O3/c1-9(13(15(18)19)10(2)20-16)12-7-3-5-11-6-4-8-17-14(11)12/h3-6,8,12H,1,7,16H2,2H3,(H,18,19)/b13-10+. The molecule has 0 saturated carbocycles. The van der Waals surface area contributed by atoms with Crippen molar-refractivity contribution in [1.82, 2.24) is 4.98 Å². The number of carboxylic acids is 1. The van der Waals surface area contributed by atoms with Gasteiger partial charge in [0.2, 0.25) is 0 Å². The molecule has 5 nitrogen and oxygen atoms in total. The highest BCUT2D eigenvalue weighted by Gasteiger charge is 2.27. The minimum atomic E-state index is -1.11. The van der Waals surface area contributed by atoms with Crippen molar-refractivity contribution in [2.75, 3.05) is 0 Å². The molecule has 0 spiro atoms. The third kappa shape index (κ3) is 2.48.